The first-order chi connectivity index (χ1) is 10.8. The molecule has 0 unspecified atom stereocenters. The lowest BCUT2D eigenvalue weighted by Gasteiger charge is -2.34. The molecule has 1 aliphatic rings. The first kappa shape index (κ1) is 16.1. The average Bonchev–Trinajstić information content (AvgIpc) is 2.98. The lowest BCUT2D eigenvalue weighted by molar-refractivity contribution is 0.0375. The van der Waals surface area contributed by atoms with Gasteiger partial charge >= 0.3 is 6.92 Å². The summed E-state index contributed by atoms with van der Waals surface area (Å²) >= 11 is 0. The van der Waals surface area contributed by atoms with Crippen LogP contribution < -0.4 is 5.46 Å². The minimum absolute atomic E-state index is 0.102. The molecule has 0 bridgehead atoms. The molecular formula is C19H24BNO2. The lowest BCUT2D eigenvalue weighted by Crippen LogP contribution is -2.36. The molecule has 0 atom stereocenters. The molecule has 0 amide bonds. The molecule has 0 radical (unpaired) electrons. The number of benzene rings is 1. The van der Waals surface area contributed by atoms with E-state index in [0.29, 0.717) is 5.89 Å². The van der Waals surface area contributed by atoms with Crippen molar-refractivity contribution in [2.45, 2.75) is 46.5 Å². The SMILES string of the molecule is C=C/C(=C\C)c1nc2cc(B3CC(C)(C)C(C)(C)O3)ccc2o1. The first-order valence-electron chi connectivity index (χ1n) is 8.15. The minimum atomic E-state index is -0.136. The fourth-order valence-electron chi connectivity index (χ4n) is 3.05. The summed E-state index contributed by atoms with van der Waals surface area (Å²) < 4.78 is 12.1. The molecule has 1 fully saturated rings. The van der Waals surface area contributed by atoms with E-state index in [1.165, 1.54) is 0 Å². The Morgan fingerprint density at radius 1 is 1.30 bits per heavy atom. The van der Waals surface area contributed by atoms with E-state index in [-0.39, 0.29) is 17.9 Å². The van der Waals surface area contributed by atoms with E-state index in [9.17, 15) is 0 Å². The Morgan fingerprint density at radius 3 is 2.61 bits per heavy atom. The summed E-state index contributed by atoms with van der Waals surface area (Å²) in [5.74, 6) is 0.614. The van der Waals surface area contributed by atoms with Crippen molar-refractivity contribution in [2.75, 3.05) is 0 Å². The smallest absolute Gasteiger partial charge is 0.328 e. The van der Waals surface area contributed by atoms with E-state index < -0.39 is 0 Å². The Kier molecular flexibility index (Phi) is 3.76. The van der Waals surface area contributed by atoms with Crippen molar-refractivity contribution in [3.8, 4) is 0 Å². The van der Waals surface area contributed by atoms with Gasteiger partial charge in [-0.2, -0.15) is 0 Å². The molecular weight excluding hydrogens is 285 g/mol. The molecule has 1 saturated heterocycles. The molecule has 120 valence electrons. The molecule has 0 spiro atoms. The highest BCUT2D eigenvalue weighted by atomic mass is 16.5. The third-order valence-corrected chi connectivity index (χ3v) is 5.32. The highest BCUT2D eigenvalue weighted by Crippen LogP contribution is 2.45. The average molecular weight is 309 g/mol. The van der Waals surface area contributed by atoms with Crippen LogP contribution in [0.25, 0.3) is 16.7 Å². The van der Waals surface area contributed by atoms with Crippen LogP contribution in [0.3, 0.4) is 0 Å². The number of rotatable bonds is 3. The van der Waals surface area contributed by atoms with E-state index in [4.69, 9.17) is 9.07 Å². The molecule has 1 aromatic carbocycles. The Balaban J connectivity index is 1.97. The molecule has 4 heteroatoms. The summed E-state index contributed by atoms with van der Waals surface area (Å²) in [6.07, 6.45) is 4.71. The Morgan fingerprint density at radius 2 is 2.04 bits per heavy atom. The predicted octanol–water partition coefficient (Wildman–Crippen LogP) is 4.45. The van der Waals surface area contributed by atoms with Crippen molar-refractivity contribution in [2.24, 2.45) is 5.41 Å². The number of aromatic nitrogens is 1. The van der Waals surface area contributed by atoms with E-state index in [1.807, 2.05) is 19.1 Å². The van der Waals surface area contributed by atoms with Crippen LogP contribution in [-0.2, 0) is 4.65 Å². The van der Waals surface area contributed by atoms with Gasteiger partial charge in [0.05, 0.1) is 5.60 Å². The van der Waals surface area contributed by atoms with Crippen LogP contribution in [0.4, 0.5) is 0 Å². The zero-order chi connectivity index (χ0) is 16.8. The van der Waals surface area contributed by atoms with Gasteiger partial charge in [-0.1, -0.05) is 38.6 Å². The van der Waals surface area contributed by atoms with Crippen molar-refractivity contribution in [1.82, 2.24) is 4.98 Å². The fourth-order valence-corrected chi connectivity index (χ4v) is 3.05. The van der Waals surface area contributed by atoms with Crippen LogP contribution >= 0.6 is 0 Å². The van der Waals surface area contributed by atoms with E-state index in [1.54, 1.807) is 6.08 Å². The summed E-state index contributed by atoms with van der Waals surface area (Å²) in [6, 6.07) is 6.16. The number of hydrogen-bond acceptors (Lipinski definition) is 3. The molecule has 0 N–H and O–H groups in total. The standard InChI is InChI=1S/C19H24BNO2/c1-7-13(8-2)17-21-15-11-14(9-10-16(15)22-17)20-12-18(3,4)19(5,6)23-20/h7-11H,1,12H2,2-6H3/b13-8+. The van der Waals surface area contributed by atoms with Crippen LogP contribution in [0.15, 0.2) is 41.3 Å². The molecule has 23 heavy (non-hydrogen) atoms. The third-order valence-electron chi connectivity index (χ3n) is 5.32. The zero-order valence-corrected chi connectivity index (χ0v) is 14.6. The maximum Gasteiger partial charge on any atom is 0.328 e. The topological polar surface area (TPSA) is 35.3 Å². The van der Waals surface area contributed by atoms with Gasteiger partial charge in [0.2, 0.25) is 5.89 Å². The maximum atomic E-state index is 6.31. The summed E-state index contributed by atoms with van der Waals surface area (Å²) in [4.78, 5) is 4.60. The van der Waals surface area contributed by atoms with Crippen molar-refractivity contribution in [3.05, 3.63) is 42.8 Å². The van der Waals surface area contributed by atoms with Gasteiger partial charge in [-0.15, -0.1) is 0 Å². The number of allylic oxidation sites excluding steroid dienone is 3. The van der Waals surface area contributed by atoms with Crippen LogP contribution in [0.1, 0.15) is 40.5 Å². The molecule has 1 aromatic heterocycles. The minimum Gasteiger partial charge on any atom is -0.436 e. The summed E-state index contributed by atoms with van der Waals surface area (Å²) in [6.45, 7) is 14.7. The number of nitrogens with zero attached hydrogens (tertiary/aromatic N) is 1. The van der Waals surface area contributed by atoms with Gasteiger partial charge in [-0.25, -0.2) is 4.98 Å². The second kappa shape index (κ2) is 5.38. The molecule has 2 heterocycles. The molecule has 1 aliphatic heterocycles. The van der Waals surface area contributed by atoms with Crippen molar-refractivity contribution < 1.29 is 9.07 Å². The lowest BCUT2D eigenvalue weighted by atomic mass is 9.54. The highest BCUT2D eigenvalue weighted by Gasteiger charge is 2.49. The second-order valence-electron chi connectivity index (χ2n) is 7.40. The van der Waals surface area contributed by atoms with Crippen molar-refractivity contribution in [1.29, 1.82) is 0 Å². The maximum absolute atomic E-state index is 6.31. The molecule has 0 saturated carbocycles. The van der Waals surface area contributed by atoms with Gasteiger partial charge in [-0.3, -0.25) is 0 Å². The quantitative estimate of drug-likeness (QED) is 0.620. The summed E-state index contributed by atoms with van der Waals surface area (Å²) in [5.41, 5.74) is 3.73. The third kappa shape index (κ3) is 2.65. The second-order valence-corrected chi connectivity index (χ2v) is 7.40. The van der Waals surface area contributed by atoms with Gasteiger partial charge in [-0.05, 0) is 50.1 Å². The Hall–Kier alpha value is -1.81. The Labute approximate surface area is 138 Å². The molecule has 3 nitrogen and oxygen atoms in total. The van der Waals surface area contributed by atoms with Gasteiger partial charge in [0.15, 0.2) is 5.58 Å². The van der Waals surface area contributed by atoms with Crippen LogP contribution in [0.5, 0.6) is 0 Å². The molecule has 0 aliphatic carbocycles. The molecule has 3 rings (SSSR count). The highest BCUT2D eigenvalue weighted by molar-refractivity contribution is 6.68. The van der Waals surface area contributed by atoms with Crippen LogP contribution in [0, 0.1) is 5.41 Å². The Bertz CT molecular complexity index is 770. The van der Waals surface area contributed by atoms with Crippen LogP contribution in [0.2, 0.25) is 6.32 Å². The van der Waals surface area contributed by atoms with Crippen LogP contribution in [-0.4, -0.2) is 17.5 Å². The van der Waals surface area contributed by atoms with Gasteiger partial charge in [0, 0.05) is 5.57 Å². The largest absolute Gasteiger partial charge is 0.436 e. The van der Waals surface area contributed by atoms with E-state index in [2.05, 4.69) is 51.4 Å². The van der Waals surface area contributed by atoms with Gasteiger partial charge < -0.3 is 9.07 Å². The van der Waals surface area contributed by atoms with Crippen molar-refractivity contribution >= 4 is 29.1 Å². The van der Waals surface area contributed by atoms with E-state index in [0.717, 1.165) is 28.5 Å². The number of fused-ring (bicyclic) bond motifs is 1. The van der Waals surface area contributed by atoms with Gasteiger partial charge in [0.1, 0.15) is 5.52 Å². The zero-order valence-electron chi connectivity index (χ0n) is 14.6. The fraction of sp³-hybridized carbons (Fsp3) is 0.421. The first-order valence-corrected chi connectivity index (χ1v) is 8.15. The number of oxazole rings is 1. The number of hydrogen-bond donors (Lipinski definition) is 0. The normalized spacial score (nSPS) is 20.2. The monoisotopic (exact) mass is 309 g/mol. The van der Waals surface area contributed by atoms with Gasteiger partial charge in [0.25, 0.3) is 0 Å². The summed E-state index contributed by atoms with van der Waals surface area (Å²) in [5, 5.41) is 0. The van der Waals surface area contributed by atoms with E-state index >= 15 is 0 Å². The predicted molar refractivity (Wildman–Crippen MR) is 97.0 cm³/mol. The molecule has 2 aromatic rings. The van der Waals surface area contributed by atoms with Crippen molar-refractivity contribution in [3.63, 3.8) is 0 Å². The summed E-state index contributed by atoms with van der Waals surface area (Å²) in [7, 11) is 0.